The molecule has 0 atom stereocenters. The molecule has 0 unspecified atom stereocenters. The molecule has 1 heterocycles. The molecule has 1 saturated heterocycles. The average Bonchev–Trinajstić information content (AvgIpc) is 2.69. The van der Waals surface area contributed by atoms with Crippen molar-refractivity contribution in [3.8, 4) is 0 Å². The quantitative estimate of drug-likeness (QED) is 0.561. The number of rotatable bonds is 8. The molecular weight excluding hydrogens is 340 g/mol. The van der Waals surface area contributed by atoms with Gasteiger partial charge in [-0.2, -0.15) is 0 Å². The van der Waals surface area contributed by atoms with Crippen LogP contribution >= 0.6 is 0 Å². The molecular formula is C21H34N4O2. The van der Waals surface area contributed by atoms with Crippen molar-refractivity contribution in [1.29, 1.82) is 0 Å². The van der Waals surface area contributed by atoms with Gasteiger partial charge in [0.05, 0.1) is 12.6 Å². The molecule has 6 nitrogen and oxygen atoms in total. The number of likely N-dealkylation sites (tertiary alicyclic amines) is 1. The summed E-state index contributed by atoms with van der Waals surface area (Å²) in [5, 5.41) is 3.35. The Bertz CT molecular complexity index is 583. The molecule has 2 rings (SSSR count). The third kappa shape index (κ3) is 7.21. The maximum Gasteiger partial charge on any atom is 0.224 e. The third-order valence-corrected chi connectivity index (χ3v) is 4.75. The monoisotopic (exact) mass is 374 g/mol. The van der Waals surface area contributed by atoms with Gasteiger partial charge in [-0.15, -0.1) is 0 Å². The largest absolute Gasteiger partial charge is 0.378 e. The maximum atomic E-state index is 12.4. The number of hydrogen-bond donors (Lipinski definition) is 1. The minimum Gasteiger partial charge on any atom is -0.378 e. The number of carbonyl (C=O) groups excluding carboxylic acids is 1. The van der Waals surface area contributed by atoms with Gasteiger partial charge in [-0.25, -0.2) is 0 Å². The summed E-state index contributed by atoms with van der Waals surface area (Å²) in [6.07, 6.45) is 2.84. The molecule has 1 aromatic carbocycles. The SMILES string of the molecule is CCNC(=NCCC(=O)N(C)Cc1ccccc1)N1CCC(OCC)CC1. The molecule has 1 fully saturated rings. The Morgan fingerprint density at radius 2 is 1.96 bits per heavy atom. The zero-order chi connectivity index (χ0) is 19.5. The summed E-state index contributed by atoms with van der Waals surface area (Å²) < 4.78 is 5.72. The number of aliphatic imine (C=N–C) groups is 1. The summed E-state index contributed by atoms with van der Waals surface area (Å²) in [7, 11) is 1.85. The number of nitrogens with zero attached hydrogens (tertiary/aromatic N) is 3. The fraction of sp³-hybridized carbons (Fsp3) is 0.619. The zero-order valence-electron chi connectivity index (χ0n) is 17.0. The van der Waals surface area contributed by atoms with Gasteiger partial charge in [-0.1, -0.05) is 30.3 Å². The smallest absolute Gasteiger partial charge is 0.224 e. The molecule has 1 N–H and O–H groups in total. The summed E-state index contributed by atoms with van der Waals surface area (Å²) in [4.78, 5) is 21.1. The molecule has 1 aromatic rings. The van der Waals surface area contributed by atoms with E-state index in [1.807, 2.05) is 44.3 Å². The van der Waals surface area contributed by atoms with Crippen molar-refractivity contribution in [3.05, 3.63) is 35.9 Å². The van der Waals surface area contributed by atoms with Crippen LogP contribution in [0.15, 0.2) is 35.3 Å². The summed E-state index contributed by atoms with van der Waals surface area (Å²) in [6.45, 7) is 8.74. The van der Waals surface area contributed by atoms with E-state index >= 15 is 0 Å². The van der Waals surface area contributed by atoms with E-state index in [-0.39, 0.29) is 5.91 Å². The second-order valence-corrected chi connectivity index (χ2v) is 6.86. The van der Waals surface area contributed by atoms with Gasteiger partial charge in [-0.3, -0.25) is 9.79 Å². The zero-order valence-corrected chi connectivity index (χ0v) is 17.0. The van der Waals surface area contributed by atoms with E-state index in [4.69, 9.17) is 4.74 Å². The second kappa shape index (κ2) is 11.6. The predicted molar refractivity (Wildman–Crippen MR) is 110 cm³/mol. The number of ether oxygens (including phenoxy) is 1. The van der Waals surface area contributed by atoms with Gasteiger partial charge < -0.3 is 19.9 Å². The van der Waals surface area contributed by atoms with Crippen molar-refractivity contribution in [1.82, 2.24) is 15.1 Å². The van der Waals surface area contributed by atoms with E-state index in [2.05, 4.69) is 22.1 Å². The maximum absolute atomic E-state index is 12.4. The first-order valence-corrected chi connectivity index (χ1v) is 10.1. The highest BCUT2D eigenvalue weighted by Gasteiger charge is 2.21. The van der Waals surface area contributed by atoms with E-state index < -0.39 is 0 Å². The topological polar surface area (TPSA) is 57.2 Å². The van der Waals surface area contributed by atoms with Gasteiger partial charge in [0.15, 0.2) is 5.96 Å². The molecule has 27 heavy (non-hydrogen) atoms. The lowest BCUT2D eigenvalue weighted by molar-refractivity contribution is -0.130. The van der Waals surface area contributed by atoms with Gasteiger partial charge in [0, 0.05) is 46.3 Å². The summed E-state index contributed by atoms with van der Waals surface area (Å²) in [5.41, 5.74) is 1.14. The van der Waals surface area contributed by atoms with E-state index in [1.54, 1.807) is 4.90 Å². The van der Waals surface area contributed by atoms with Crippen LogP contribution < -0.4 is 5.32 Å². The Morgan fingerprint density at radius 1 is 1.26 bits per heavy atom. The fourth-order valence-electron chi connectivity index (χ4n) is 3.29. The van der Waals surface area contributed by atoms with Crippen LogP contribution in [0.2, 0.25) is 0 Å². The van der Waals surface area contributed by atoms with E-state index in [1.165, 1.54) is 0 Å². The highest BCUT2D eigenvalue weighted by molar-refractivity contribution is 5.81. The first-order valence-electron chi connectivity index (χ1n) is 10.1. The van der Waals surface area contributed by atoms with E-state index in [0.717, 1.165) is 50.6 Å². The molecule has 0 spiro atoms. The predicted octanol–water partition coefficient (Wildman–Crippen LogP) is 2.50. The van der Waals surface area contributed by atoms with Gasteiger partial charge in [0.1, 0.15) is 0 Å². The molecule has 150 valence electrons. The summed E-state index contributed by atoms with van der Waals surface area (Å²) in [6, 6.07) is 10.1. The molecule has 1 amide bonds. The van der Waals surface area contributed by atoms with E-state index in [9.17, 15) is 4.79 Å². The molecule has 0 aromatic heterocycles. The van der Waals surface area contributed by atoms with Gasteiger partial charge >= 0.3 is 0 Å². The number of piperidine rings is 1. The third-order valence-electron chi connectivity index (χ3n) is 4.75. The highest BCUT2D eigenvalue weighted by atomic mass is 16.5. The normalized spacial score (nSPS) is 15.7. The standard InChI is InChI=1S/C21H34N4O2/c1-4-22-21(25-15-12-19(13-16-25)27-5-2)23-14-11-20(26)24(3)17-18-9-7-6-8-10-18/h6-10,19H,4-5,11-17H2,1-3H3,(H,22,23). The van der Waals surface area contributed by atoms with Crippen LogP contribution in [0, 0.1) is 0 Å². The first kappa shape index (κ1) is 21.2. The first-order chi connectivity index (χ1) is 13.1. The second-order valence-electron chi connectivity index (χ2n) is 6.86. The number of carbonyl (C=O) groups is 1. The van der Waals surface area contributed by atoms with Crippen molar-refractivity contribution in [3.63, 3.8) is 0 Å². The van der Waals surface area contributed by atoms with Crippen molar-refractivity contribution in [2.24, 2.45) is 4.99 Å². The molecule has 0 bridgehead atoms. The Morgan fingerprint density at radius 3 is 2.59 bits per heavy atom. The lowest BCUT2D eigenvalue weighted by Crippen LogP contribution is -2.47. The van der Waals surface area contributed by atoms with Crippen LogP contribution in [-0.2, 0) is 16.1 Å². The van der Waals surface area contributed by atoms with Crippen LogP contribution in [0.4, 0.5) is 0 Å². The van der Waals surface area contributed by atoms with Crippen molar-refractivity contribution >= 4 is 11.9 Å². The number of benzene rings is 1. The van der Waals surface area contributed by atoms with Crippen LogP contribution in [-0.4, -0.2) is 67.6 Å². The molecule has 0 aliphatic carbocycles. The van der Waals surface area contributed by atoms with Crippen LogP contribution in [0.25, 0.3) is 0 Å². The molecule has 6 heteroatoms. The average molecular weight is 375 g/mol. The Hall–Kier alpha value is -2.08. The Kier molecular flexibility index (Phi) is 9.11. The Balaban J connectivity index is 1.81. The van der Waals surface area contributed by atoms with Crippen molar-refractivity contribution in [2.75, 3.05) is 39.8 Å². The summed E-state index contributed by atoms with van der Waals surface area (Å²) in [5.74, 6) is 1.03. The molecule has 1 aliphatic heterocycles. The lowest BCUT2D eigenvalue weighted by atomic mass is 10.1. The summed E-state index contributed by atoms with van der Waals surface area (Å²) >= 11 is 0. The molecule has 0 saturated carbocycles. The van der Waals surface area contributed by atoms with Gasteiger partial charge in [-0.05, 0) is 32.3 Å². The van der Waals surface area contributed by atoms with Crippen LogP contribution in [0.5, 0.6) is 0 Å². The van der Waals surface area contributed by atoms with Gasteiger partial charge in [0.25, 0.3) is 0 Å². The van der Waals surface area contributed by atoms with Crippen molar-refractivity contribution < 1.29 is 9.53 Å². The molecule has 0 radical (unpaired) electrons. The minimum absolute atomic E-state index is 0.119. The number of hydrogen-bond acceptors (Lipinski definition) is 3. The fourth-order valence-corrected chi connectivity index (χ4v) is 3.29. The lowest BCUT2D eigenvalue weighted by Gasteiger charge is -2.34. The van der Waals surface area contributed by atoms with Crippen LogP contribution in [0.1, 0.15) is 38.7 Å². The Labute approximate surface area is 163 Å². The van der Waals surface area contributed by atoms with E-state index in [0.29, 0.717) is 25.6 Å². The van der Waals surface area contributed by atoms with Gasteiger partial charge in [0.2, 0.25) is 5.91 Å². The number of nitrogens with one attached hydrogen (secondary N) is 1. The minimum atomic E-state index is 0.119. The number of guanidine groups is 1. The van der Waals surface area contributed by atoms with Crippen molar-refractivity contribution in [2.45, 2.75) is 45.8 Å². The molecule has 1 aliphatic rings. The number of amides is 1. The van der Waals surface area contributed by atoms with Crippen LogP contribution in [0.3, 0.4) is 0 Å². The highest BCUT2D eigenvalue weighted by Crippen LogP contribution is 2.14.